The van der Waals surface area contributed by atoms with E-state index in [2.05, 4.69) is 96.4 Å². The Labute approximate surface area is 155 Å². The van der Waals surface area contributed by atoms with Gasteiger partial charge in [-0.15, -0.1) is 0 Å². The average Bonchev–Trinajstić information content (AvgIpc) is 2.86. The SMILES string of the molecule is CN1CC=C(c2cn([Si](C)(C)C(C)(C)C)c3ccc(Br)cc23)CC1. The van der Waals surface area contributed by atoms with E-state index in [1.54, 1.807) is 0 Å². The lowest BCUT2D eigenvalue weighted by atomic mass is 9.99. The summed E-state index contributed by atoms with van der Waals surface area (Å²) in [5, 5.41) is 1.70. The van der Waals surface area contributed by atoms with Crippen molar-refractivity contribution in [3.05, 3.63) is 40.5 Å². The zero-order valence-electron chi connectivity index (χ0n) is 15.8. The lowest BCUT2D eigenvalue weighted by Crippen LogP contribution is -2.44. The quantitative estimate of drug-likeness (QED) is 0.559. The van der Waals surface area contributed by atoms with E-state index in [4.69, 9.17) is 0 Å². The maximum atomic E-state index is 3.67. The zero-order chi connectivity index (χ0) is 17.7. The molecule has 0 atom stereocenters. The molecule has 0 fully saturated rings. The molecule has 1 aromatic heterocycles. The van der Waals surface area contributed by atoms with Crippen LogP contribution in [0.4, 0.5) is 0 Å². The molecule has 1 aromatic carbocycles. The highest BCUT2D eigenvalue weighted by Gasteiger charge is 2.38. The second kappa shape index (κ2) is 6.15. The third-order valence-corrected chi connectivity index (χ3v) is 11.7. The van der Waals surface area contributed by atoms with E-state index in [1.165, 1.54) is 22.0 Å². The second-order valence-electron chi connectivity index (χ2n) is 8.62. The first-order valence-corrected chi connectivity index (χ1v) is 12.5. The summed E-state index contributed by atoms with van der Waals surface area (Å²) >= 11 is 3.67. The normalized spacial score (nSPS) is 17.4. The monoisotopic (exact) mass is 404 g/mol. The van der Waals surface area contributed by atoms with Crippen LogP contribution in [0.2, 0.25) is 18.1 Å². The molecule has 2 nitrogen and oxygen atoms in total. The largest absolute Gasteiger partial charge is 0.373 e. The van der Waals surface area contributed by atoms with Crippen molar-refractivity contribution in [2.75, 3.05) is 20.1 Å². The first-order chi connectivity index (χ1) is 11.1. The lowest BCUT2D eigenvalue weighted by Gasteiger charge is -2.38. The Kier molecular flexibility index (Phi) is 4.60. The summed E-state index contributed by atoms with van der Waals surface area (Å²) in [4.78, 5) is 2.38. The van der Waals surface area contributed by atoms with Gasteiger partial charge in [-0.25, -0.2) is 0 Å². The molecule has 2 aromatic rings. The van der Waals surface area contributed by atoms with Crippen LogP contribution in [0, 0.1) is 0 Å². The fourth-order valence-corrected chi connectivity index (χ4v) is 5.63. The standard InChI is InChI=1S/C20H29BrN2Si/c1-20(2,3)24(5,6)23-14-18(15-9-11-22(4)12-10-15)17-13-16(21)7-8-19(17)23/h7-9,13-14H,10-12H2,1-6H3. The van der Waals surface area contributed by atoms with Crippen LogP contribution in [-0.4, -0.2) is 37.5 Å². The van der Waals surface area contributed by atoms with Gasteiger partial charge >= 0.3 is 0 Å². The Hall–Kier alpha value is -0.843. The highest BCUT2D eigenvalue weighted by molar-refractivity contribution is 9.10. The number of halogens is 1. The predicted molar refractivity (Wildman–Crippen MR) is 112 cm³/mol. The third-order valence-electron chi connectivity index (χ3n) is 5.96. The number of aromatic nitrogens is 1. The van der Waals surface area contributed by atoms with Gasteiger partial charge in [0.15, 0.2) is 8.24 Å². The Morgan fingerprint density at radius 1 is 1.17 bits per heavy atom. The van der Waals surface area contributed by atoms with Gasteiger partial charge in [-0.1, -0.05) is 55.9 Å². The Balaban J connectivity index is 2.23. The number of likely N-dealkylation sites (N-methyl/N-ethyl adjacent to an activating group) is 1. The molecule has 2 heterocycles. The second-order valence-corrected chi connectivity index (χ2v) is 14.6. The van der Waals surface area contributed by atoms with E-state index in [0.717, 1.165) is 24.0 Å². The van der Waals surface area contributed by atoms with Crippen molar-refractivity contribution in [3.63, 3.8) is 0 Å². The molecule has 1 aliphatic heterocycles. The van der Waals surface area contributed by atoms with Crippen LogP contribution in [-0.2, 0) is 0 Å². The molecule has 0 saturated heterocycles. The van der Waals surface area contributed by atoms with Crippen molar-refractivity contribution in [3.8, 4) is 0 Å². The van der Waals surface area contributed by atoms with Gasteiger partial charge in [0, 0.05) is 40.2 Å². The summed E-state index contributed by atoms with van der Waals surface area (Å²) < 4.78 is 3.79. The van der Waals surface area contributed by atoms with Gasteiger partial charge < -0.3 is 9.13 Å². The summed E-state index contributed by atoms with van der Waals surface area (Å²) in [7, 11) is 0.542. The topological polar surface area (TPSA) is 8.17 Å². The van der Waals surface area contributed by atoms with Crippen molar-refractivity contribution >= 4 is 40.6 Å². The predicted octanol–water partition coefficient (Wildman–Crippen LogP) is 5.98. The number of nitrogens with zero attached hydrogens (tertiary/aromatic N) is 2. The molecule has 1 aliphatic rings. The van der Waals surface area contributed by atoms with Gasteiger partial charge in [-0.05, 0) is 42.3 Å². The first-order valence-electron chi connectivity index (χ1n) is 8.80. The van der Waals surface area contributed by atoms with Crippen molar-refractivity contribution < 1.29 is 0 Å². The summed E-state index contributed by atoms with van der Waals surface area (Å²) in [5.41, 5.74) is 4.33. The number of benzene rings is 1. The number of rotatable bonds is 2. The van der Waals surface area contributed by atoms with E-state index in [1.807, 2.05) is 0 Å². The molecular formula is C20H29BrN2Si. The molecule has 4 heteroatoms. The molecule has 0 N–H and O–H groups in total. The number of hydrogen-bond acceptors (Lipinski definition) is 1. The third kappa shape index (κ3) is 3.04. The minimum absolute atomic E-state index is 0.310. The molecule has 0 radical (unpaired) electrons. The van der Waals surface area contributed by atoms with Crippen LogP contribution in [0.15, 0.2) is 34.9 Å². The highest BCUT2D eigenvalue weighted by atomic mass is 79.9. The molecule has 0 bridgehead atoms. The van der Waals surface area contributed by atoms with Crippen LogP contribution < -0.4 is 0 Å². The fourth-order valence-electron chi connectivity index (χ4n) is 3.30. The maximum absolute atomic E-state index is 3.67. The lowest BCUT2D eigenvalue weighted by molar-refractivity contribution is 0.370. The molecule has 0 amide bonds. The minimum atomic E-state index is -1.66. The zero-order valence-corrected chi connectivity index (χ0v) is 18.4. The van der Waals surface area contributed by atoms with Crippen LogP contribution in [0.1, 0.15) is 32.8 Å². The van der Waals surface area contributed by atoms with Crippen molar-refractivity contribution in [2.45, 2.75) is 45.3 Å². The first kappa shape index (κ1) is 18.0. The average molecular weight is 405 g/mol. The molecule has 0 spiro atoms. The van der Waals surface area contributed by atoms with E-state index in [-0.39, 0.29) is 0 Å². The Morgan fingerprint density at radius 2 is 1.88 bits per heavy atom. The Bertz CT molecular complexity index is 796. The fraction of sp³-hybridized carbons (Fsp3) is 0.500. The smallest absolute Gasteiger partial charge is 0.161 e. The van der Waals surface area contributed by atoms with Crippen molar-refractivity contribution in [2.24, 2.45) is 0 Å². The van der Waals surface area contributed by atoms with Gasteiger partial charge in [0.05, 0.1) is 0 Å². The van der Waals surface area contributed by atoms with E-state index in [9.17, 15) is 0 Å². The molecular weight excluding hydrogens is 376 g/mol. The molecule has 130 valence electrons. The molecule has 24 heavy (non-hydrogen) atoms. The van der Waals surface area contributed by atoms with Crippen LogP contribution >= 0.6 is 15.9 Å². The van der Waals surface area contributed by atoms with Gasteiger partial charge in [-0.2, -0.15) is 0 Å². The summed E-state index contributed by atoms with van der Waals surface area (Å²) in [6, 6.07) is 6.77. The molecule has 0 aliphatic carbocycles. The Morgan fingerprint density at radius 3 is 2.46 bits per heavy atom. The number of hydrogen-bond donors (Lipinski definition) is 0. The van der Waals surface area contributed by atoms with Gasteiger partial charge in [-0.3, -0.25) is 0 Å². The van der Waals surface area contributed by atoms with Crippen molar-refractivity contribution in [1.29, 1.82) is 0 Å². The van der Waals surface area contributed by atoms with Gasteiger partial charge in [0.25, 0.3) is 0 Å². The van der Waals surface area contributed by atoms with Gasteiger partial charge in [0.2, 0.25) is 0 Å². The van der Waals surface area contributed by atoms with Crippen LogP contribution in [0.25, 0.3) is 16.5 Å². The van der Waals surface area contributed by atoms with Crippen LogP contribution in [0.3, 0.4) is 0 Å². The molecule has 0 saturated carbocycles. The van der Waals surface area contributed by atoms with Crippen molar-refractivity contribution in [1.82, 2.24) is 9.13 Å². The summed E-state index contributed by atoms with van der Waals surface area (Å²) in [6.07, 6.45) is 6.00. The van der Waals surface area contributed by atoms with E-state index < -0.39 is 8.24 Å². The van der Waals surface area contributed by atoms with E-state index >= 15 is 0 Å². The van der Waals surface area contributed by atoms with E-state index in [0.29, 0.717) is 5.04 Å². The number of fused-ring (bicyclic) bond motifs is 1. The summed E-state index contributed by atoms with van der Waals surface area (Å²) in [5.74, 6) is 0. The van der Waals surface area contributed by atoms with Crippen LogP contribution in [0.5, 0.6) is 0 Å². The summed E-state index contributed by atoms with van der Waals surface area (Å²) in [6.45, 7) is 14.3. The minimum Gasteiger partial charge on any atom is -0.373 e. The maximum Gasteiger partial charge on any atom is 0.161 e. The molecule has 0 unspecified atom stereocenters. The van der Waals surface area contributed by atoms with Gasteiger partial charge in [0.1, 0.15) is 0 Å². The highest BCUT2D eigenvalue weighted by Crippen LogP contribution is 2.41. The molecule has 3 rings (SSSR count).